The lowest BCUT2D eigenvalue weighted by atomic mass is 10.1. The molecule has 2 aromatic carbocycles. The molecular formula is C24H33N3O3S. The Bertz CT molecular complexity index is 1030. The molecule has 0 spiro atoms. The Kier molecular flexibility index (Phi) is 7.38. The molecule has 1 amide bonds. The minimum Gasteiger partial charge on any atom is -0.371 e. The molecule has 1 heterocycles. The summed E-state index contributed by atoms with van der Waals surface area (Å²) in [6.07, 6.45) is 2.15. The molecule has 0 aromatic heterocycles. The highest BCUT2D eigenvalue weighted by Crippen LogP contribution is 2.29. The third-order valence-electron chi connectivity index (χ3n) is 6.00. The van der Waals surface area contributed by atoms with E-state index in [0.717, 1.165) is 42.7 Å². The highest BCUT2D eigenvalue weighted by atomic mass is 32.2. The Morgan fingerprint density at radius 2 is 1.68 bits per heavy atom. The van der Waals surface area contributed by atoms with Crippen LogP contribution in [0.1, 0.15) is 48.2 Å². The third kappa shape index (κ3) is 4.93. The van der Waals surface area contributed by atoms with Gasteiger partial charge in [-0.3, -0.25) is 4.79 Å². The molecule has 7 heteroatoms. The number of carbonyl (C=O) groups excluding carboxylic acids is 1. The van der Waals surface area contributed by atoms with Gasteiger partial charge in [-0.1, -0.05) is 38.1 Å². The van der Waals surface area contributed by atoms with Crippen LogP contribution in [0.2, 0.25) is 0 Å². The summed E-state index contributed by atoms with van der Waals surface area (Å²) < 4.78 is 27.6. The van der Waals surface area contributed by atoms with Crippen LogP contribution < -0.4 is 4.90 Å². The topological polar surface area (TPSA) is 60.9 Å². The van der Waals surface area contributed by atoms with Gasteiger partial charge in [0.05, 0.1) is 10.5 Å². The molecule has 0 aliphatic carbocycles. The monoisotopic (exact) mass is 443 g/mol. The molecule has 0 unspecified atom stereocenters. The SMILES string of the molecule is CCN(CC)S(=O)(=O)c1ccc(N2CCCC2)c(C(=O)N(C)Cc2ccccc2C)c1. The molecule has 1 saturated heterocycles. The maximum atomic E-state index is 13.5. The van der Waals surface area contributed by atoms with Crippen LogP contribution in [-0.2, 0) is 16.6 Å². The molecule has 1 aliphatic heterocycles. The maximum absolute atomic E-state index is 13.5. The van der Waals surface area contributed by atoms with Crippen LogP contribution in [0.5, 0.6) is 0 Å². The van der Waals surface area contributed by atoms with Gasteiger partial charge in [-0.25, -0.2) is 8.42 Å². The van der Waals surface area contributed by atoms with Crippen molar-refractivity contribution in [1.29, 1.82) is 0 Å². The number of amides is 1. The van der Waals surface area contributed by atoms with Crippen LogP contribution in [0.4, 0.5) is 5.69 Å². The fourth-order valence-corrected chi connectivity index (χ4v) is 5.60. The van der Waals surface area contributed by atoms with Crippen LogP contribution in [-0.4, -0.2) is 56.8 Å². The zero-order valence-electron chi connectivity index (χ0n) is 19.0. The first kappa shape index (κ1) is 23.3. The largest absolute Gasteiger partial charge is 0.371 e. The van der Waals surface area contributed by atoms with Gasteiger partial charge in [-0.15, -0.1) is 0 Å². The van der Waals surface area contributed by atoms with Gasteiger partial charge in [0.1, 0.15) is 0 Å². The van der Waals surface area contributed by atoms with Gasteiger partial charge in [-0.2, -0.15) is 4.31 Å². The van der Waals surface area contributed by atoms with E-state index >= 15 is 0 Å². The molecule has 0 radical (unpaired) electrons. The number of benzene rings is 2. The zero-order chi connectivity index (χ0) is 22.6. The molecule has 3 rings (SSSR count). The van der Waals surface area contributed by atoms with Gasteiger partial charge in [0, 0.05) is 45.5 Å². The molecule has 1 fully saturated rings. The van der Waals surface area contributed by atoms with E-state index in [9.17, 15) is 13.2 Å². The molecule has 1 aliphatic rings. The Labute approximate surface area is 186 Å². The van der Waals surface area contributed by atoms with E-state index in [0.29, 0.717) is 25.2 Å². The summed E-state index contributed by atoms with van der Waals surface area (Å²) in [5.74, 6) is -0.165. The maximum Gasteiger partial charge on any atom is 0.256 e. The number of rotatable bonds is 8. The van der Waals surface area contributed by atoms with E-state index in [1.807, 2.05) is 45.0 Å². The lowest BCUT2D eigenvalue weighted by molar-refractivity contribution is 0.0785. The highest BCUT2D eigenvalue weighted by Gasteiger charge is 2.27. The van der Waals surface area contributed by atoms with Crippen molar-refractivity contribution < 1.29 is 13.2 Å². The van der Waals surface area contributed by atoms with Crippen molar-refractivity contribution >= 4 is 21.6 Å². The fraction of sp³-hybridized carbons (Fsp3) is 0.458. The fourth-order valence-electron chi connectivity index (χ4n) is 4.11. The lowest BCUT2D eigenvalue weighted by Crippen LogP contribution is -2.32. The summed E-state index contributed by atoms with van der Waals surface area (Å²) in [7, 11) is -1.87. The predicted molar refractivity (Wildman–Crippen MR) is 125 cm³/mol. The van der Waals surface area contributed by atoms with E-state index in [2.05, 4.69) is 4.90 Å². The summed E-state index contributed by atoms with van der Waals surface area (Å²) in [4.78, 5) is 17.5. The van der Waals surface area contributed by atoms with Crippen molar-refractivity contribution in [3.05, 3.63) is 59.2 Å². The zero-order valence-corrected chi connectivity index (χ0v) is 19.8. The summed E-state index contributed by atoms with van der Waals surface area (Å²) in [6.45, 7) is 8.68. The second-order valence-corrected chi connectivity index (χ2v) is 9.99. The molecule has 0 saturated carbocycles. The van der Waals surface area contributed by atoms with Crippen LogP contribution >= 0.6 is 0 Å². The van der Waals surface area contributed by atoms with Crippen molar-refractivity contribution in [2.45, 2.75) is 45.1 Å². The molecule has 168 valence electrons. The van der Waals surface area contributed by atoms with E-state index in [1.54, 1.807) is 30.1 Å². The van der Waals surface area contributed by atoms with Gasteiger partial charge < -0.3 is 9.80 Å². The van der Waals surface area contributed by atoms with Gasteiger partial charge >= 0.3 is 0 Å². The second-order valence-electron chi connectivity index (χ2n) is 8.05. The quantitative estimate of drug-likeness (QED) is 0.621. The Morgan fingerprint density at radius 1 is 1.03 bits per heavy atom. The van der Waals surface area contributed by atoms with E-state index in [4.69, 9.17) is 0 Å². The summed E-state index contributed by atoms with van der Waals surface area (Å²) in [6, 6.07) is 13.0. The number of sulfonamides is 1. The summed E-state index contributed by atoms with van der Waals surface area (Å²) in [5.41, 5.74) is 3.47. The van der Waals surface area contributed by atoms with Crippen molar-refractivity contribution in [3.8, 4) is 0 Å². The lowest BCUT2D eigenvalue weighted by Gasteiger charge is -2.26. The Hall–Kier alpha value is -2.38. The number of hydrogen-bond donors (Lipinski definition) is 0. The summed E-state index contributed by atoms with van der Waals surface area (Å²) in [5, 5.41) is 0. The number of anilines is 1. The predicted octanol–water partition coefficient (Wildman–Crippen LogP) is 3.90. The highest BCUT2D eigenvalue weighted by molar-refractivity contribution is 7.89. The molecule has 0 N–H and O–H groups in total. The number of aryl methyl sites for hydroxylation is 1. The van der Waals surface area contributed by atoms with E-state index in [1.165, 1.54) is 4.31 Å². The van der Waals surface area contributed by atoms with Crippen LogP contribution in [0.3, 0.4) is 0 Å². The van der Waals surface area contributed by atoms with Gasteiger partial charge in [0.25, 0.3) is 5.91 Å². The number of hydrogen-bond acceptors (Lipinski definition) is 4. The van der Waals surface area contributed by atoms with Crippen LogP contribution in [0.15, 0.2) is 47.4 Å². The molecule has 6 nitrogen and oxygen atoms in total. The minimum absolute atomic E-state index is 0.165. The van der Waals surface area contributed by atoms with Gasteiger partial charge in [-0.05, 0) is 49.1 Å². The molecule has 2 aromatic rings. The molecule has 0 atom stereocenters. The minimum atomic E-state index is -3.64. The smallest absolute Gasteiger partial charge is 0.256 e. The first-order valence-electron chi connectivity index (χ1n) is 11.0. The molecule has 0 bridgehead atoms. The van der Waals surface area contributed by atoms with Gasteiger partial charge in [0.2, 0.25) is 10.0 Å². The normalized spacial score (nSPS) is 14.3. The van der Waals surface area contributed by atoms with Gasteiger partial charge in [0.15, 0.2) is 0 Å². The first-order valence-corrected chi connectivity index (χ1v) is 12.4. The van der Waals surface area contributed by atoms with Crippen molar-refractivity contribution in [2.24, 2.45) is 0 Å². The standard InChI is InChI=1S/C24H33N3O3S/c1-5-27(6-2)31(29,30)21-13-14-23(26-15-9-10-16-26)22(17-21)24(28)25(4)18-20-12-8-7-11-19(20)3/h7-8,11-14,17H,5-6,9-10,15-16,18H2,1-4H3. The Morgan fingerprint density at radius 3 is 2.29 bits per heavy atom. The van der Waals surface area contributed by atoms with Crippen LogP contribution in [0.25, 0.3) is 0 Å². The summed E-state index contributed by atoms with van der Waals surface area (Å²) >= 11 is 0. The van der Waals surface area contributed by atoms with Crippen molar-refractivity contribution in [3.63, 3.8) is 0 Å². The number of carbonyl (C=O) groups is 1. The van der Waals surface area contributed by atoms with E-state index in [-0.39, 0.29) is 10.8 Å². The molecular weight excluding hydrogens is 410 g/mol. The van der Waals surface area contributed by atoms with E-state index < -0.39 is 10.0 Å². The van der Waals surface area contributed by atoms with Crippen molar-refractivity contribution in [2.75, 3.05) is 38.1 Å². The van der Waals surface area contributed by atoms with Crippen molar-refractivity contribution in [1.82, 2.24) is 9.21 Å². The van der Waals surface area contributed by atoms with Crippen LogP contribution in [0, 0.1) is 6.92 Å². The second kappa shape index (κ2) is 9.83. The molecule has 31 heavy (non-hydrogen) atoms. The average molecular weight is 444 g/mol. The first-order chi connectivity index (χ1) is 14.8. The number of nitrogens with zero attached hydrogens (tertiary/aromatic N) is 3. The third-order valence-corrected chi connectivity index (χ3v) is 8.05. The Balaban J connectivity index is 2.00. The average Bonchev–Trinajstić information content (AvgIpc) is 3.29.